The van der Waals surface area contributed by atoms with Gasteiger partial charge in [0.1, 0.15) is 12.4 Å². The van der Waals surface area contributed by atoms with Crippen LogP contribution in [0.5, 0.6) is 5.75 Å². The van der Waals surface area contributed by atoms with Gasteiger partial charge in [0.05, 0.1) is 13.2 Å². The Morgan fingerprint density at radius 3 is 3.00 bits per heavy atom. The van der Waals surface area contributed by atoms with Gasteiger partial charge in [0, 0.05) is 25.3 Å². The fourth-order valence-electron chi connectivity index (χ4n) is 3.15. The van der Waals surface area contributed by atoms with Gasteiger partial charge in [-0.15, -0.1) is 0 Å². The predicted molar refractivity (Wildman–Crippen MR) is 102 cm³/mol. The second-order valence-electron chi connectivity index (χ2n) is 6.46. The first kappa shape index (κ1) is 19.5. The van der Waals surface area contributed by atoms with Gasteiger partial charge in [-0.05, 0) is 44.5 Å². The molecule has 1 saturated heterocycles. The average Bonchev–Trinajstić information content (AvgIpc) is 3.07. The van der Waals surface area contributed by atoms with E-state index in [4.69, 9.17) is 15.2 Å². The minimum atomic E-state index is 0.492. The lowest BCUT2D eigenvalue weighted by Crippen LogP contribution is -2.42. The van der Waals surface area contributed by atoms with Crippen molar-refractivity contribution >= 4 is 5.96 Å². The topological polar surface area (TPSA) is 72.1 Å². The largest absolute Gasteiger partial charge is 0.491 e. The summed E-state index contributed by atoms with van der Waals surface area (Å²) in [6.45, 7) is 8.98. The van der Waals surface area contributed by atoms with E-state index in [2.05, 4.69) is 28.2 Å². The highest BCUT2D eigenvalue weighted by molar-refractivity contribution is 5.77. The van der Waals surface area contributed by atoms with E-state index in [1.54, 1.807) is 7.11 Å². The number of methoxy groups -OCH3 is 1. The number of nitrogens with two attached hydrogens (primary N) is 1. The van der Waals surface area contributed by atoms with Crippen molar-refractivity contribution in [1.82, 2.24) is 10.2 Å². The van der Waals surface area contributed by atoms with Gasteiger partial charge in [-0.25, -0.2) is 4.99 Å². The van der Waals surface area contributed by atoms with Gasteiger partial charge >= 0.3 is 0 Å². The Labute approximate surface area is 151 Å². The number of aryl methyl sites for hydroxylation is 1. The number of hydrogen-bond donors (Lipinski definition) is 2. The smallest absolute Gasteiger partial charge is 0.188 e. The van der Waals surface area contributed by atoms with E-state index in [0.717, 1.165) is 30.0 Å². The average molecular weight is 348 g/mol. The molecule has 1 fully saturated rings. The van der Waals surface area contributed by atoms with Crippen molar-refractivity contribution in [2.24, 2.45) is 10.7 Å². The molecule has 1 aliphatic rings. The summed E-state index contributed by atoms with van der Waals surface area (Å²) >= 11 is 0. The molecule has 1 atom stereocenters. The minimum absolute atomic E-state index is 0.492. The molecule has 1 aromatic carbocycles. The number of nitrogens with one attached hydrogen (secondary N) is 1. The molecule has 0 bridgehead atoms. The lowest BCUT2D eigenvalue weighted by molar-refractivity contribution is 0.146. The molecule has 0 amide bonds. The normalized spacial score (nSPS) is 18.5. The number of rotatable bonds is 9. The maximum Gasteiger partial charge on any atom is 0.188 e. The van der Waals surface area contributed by atoms with Crippen LogP contribution in [0.25, 0.3) is 0 Å². The van der Waals surface area contributed by atoms with Gasteiger partial charge in [-0.3, -0.25) is 4.90 Å². The molecule has 140 valence electrons. The molecule has 1 heterocycles. The summed E-state index contributed by atoms with van der Waals surface area (Å²) in [5.74, 6) is 1.34. The monoisotopic (exact) mass is 348 g/mol. The van der Waals surface area contributed by atoms with E-state index in [1.165, 1.54) is 19.4 Å². The van der Waals surface area contributed by atoms with E-state index in [9.17, 15) is 0 Å². The first-order valence-corrected chi connectivity index (χ1v) is 9.13. The molecule has 6 heteroatoms. The summed E-state index contributed by atoms with van der Waals surface area (Å²) in [7, 11) is 1.67. The first-order chi connectivity index (χ1) is 12.1. The third-order valence-corrected chi connectivity index (χ3v) is 4.61. The number of nitrogens with zero attached hydrogens (tertiary/aromatic N) is 2. The van der Waals surface area contributed by atoms with Gasteiger partial charge in [0.15, 0.2) is 5.96 Å². The van der Waals surface area contributed by atoms with Crippen LogP contribution in [0.15, 0.2) is 23.2 Å². The summed E-state index contributed by atoms with van der Waals surface area (Å²) in [5, 5.41) is 3.27. The van der Waals surface area contributed by atoms with Crippen LogP contribution in [0.3, 0.4) is 0 Å². The van der Waals surface area contributed by atoms with Crippen LogP contribution in [0.1, 0.15) is 30.9 Å². The van der Waals surface area contributed by atoms with Crippen LogP contribution in [-0.4, -0.2) is 56.9 Å². The zero-order chi connectivity index (χ0) is 18.1. The van der Waals surface area contributed by atoms with Gasteiger partial charge < -0.3 is 20.5 Å². The molecule has 0 saturated carbocycles. The maximum atomic E-state index is 6.05. The molecule has 0 spiro atoms. The summed E-state index contributed by atoms with van der Waals surface area (Å²) < 4.78 is 10.8. The van der Waals surface area contributed by atoms with Crippen molar-refractivity contribution in [2.45, 2.75) is 39.3 Å². The Bertz CT molecular complexity index is 562. The van der Waals surface area contributed by atoms with Gasteiger partial charge in [0.25, 0.3) is 0 Å². The van der Waals surface area contributed by atoms with E-state index in [1.807, 2.05) is 19.1 Å². The second kappa shape index (κ2) is 10.3. The van der Waals surface area contributed by atoms with Crippen molar-refractivity contribution < 1.29 is 9.47 Å². The standard InChI is InChI=1S/C19H32N4O2/c1-4-23-9-5-6-17(23)14-22-19(20)21-13-16-8-7-15(2)12-18(16)25-11-10-24-3/h7-8,12,17H,4-6,9-11,13-14H2,1-3H3,(H3,20,21,22). The molecule has 25 heavy (non-hydrogen) atoms. The van der Waals surface area contributed by atoms with Crippen molar-refractivity contribution in [3.8, 4) is 5.75 Å². The van der Waals surface area contributed by atoms with Crippen LogP contribution >= 0.6 is 0 Å². The molecule has 2 rings (SSSR count). The third kappa shape index (κ3) is 6.21. The fraction of sp³-hybridized carbons (Fsp3) is 0.632. The van der Waals surface area contributed by atoms with Crippen molar-refractivity contribution in [1.29, 1.82) is 0 Å². The fourth-order valence-corrected chi connectivity index (χ4v) is 3.15. The number of likely N-dealkylation sites (tertiary alicyclic amines) is 1. The van der Waals surface area contributed by atoms with E-state index < -0.39 is 0 Å². The van der Waals surface area contributed by atoms with Gasteiger partial charge in [-0.1, -0.05) is 19.1 Å². The molecule has 3 N–H and O–H groups in total. The summed E-state index contributed by atoms with van der Waals surface area (Å²) in [4.78, 5) is 6.97. The number of hydrogen-bond acceptors (Lipinski definition) is 4. The molecule has 0 radical (unpaired) electrons. The SMILES string of the molecule is CCN1CCCC1CNC(N)=NCc1ccc(C)cc1OCCOC. The third-order valence-electron chi connectivity index (χ3n) is 4.61. The van der Waals surface area contributed by atoms with Gasteiger partial charge in [0.2, 0.25) is 0 Å². The van der Waals surface area contributed by atoms with E-state index >= 15 is 0 Å². The Hall–Kier alpha value is -1.79. The highest BCUT2D eigenvalue weighted by atomic mass is 16.5. The summed E-state index contributed by atoms with van der Waals surface area (Å²) in [5.41, 5.74) is 8.24. The zero-order valence-electron chi connectivity index (χ0n) is 15.8. The zero-order valence-corrected chi connectivity index (χ0v) is 15.8. The molecule has 1 unspecified atom stereocenters. The second-order valence-corrected chi connectivity index (χ2v) is 6.46. The molecule has 0 aromatic heterocycles. The predicted octanol–water partition coefficient (Wildman–Crippen LogP) is 1.91. The van der Waals surface area contributed by atoms with Gasteiger partial charge in [-0.2, -0.15) is 0 Å². The van der Waals surface area contributed by atoms with Crippen molar-refractivity contribution in [2.75, 3.05) is 40.0 Å². The lowest BCUT2D eigenvalue weighted by Gasteiger charge is -2.23. The molecule has 1 aliphatic heterocycles. The summed E-state index contributed by atoms with van der Waals surface area (Å²) in [6.07, 6.45) is 2.49. The minimum Gasteiger partial charge on any atom is -0.491 e. The quantitative estimate of drug-likeness (QED) is 0.405. The van der Waals surface area contributed by atoms with Crippen molar-refractivity contribution in [3.05, 3.63) is 29.3 Å². The number of ether oxygens (including phenoxy) is 2. The molecule has 0 aliphatic carbocycles. The molecule has 6 nitrogen and oxygen atoms in total. The molecule has 1 aromatic rings. The van der Waals surface area contributed by atoms with Crippen LogP contribution in [0.2, 0.25) is 0 Å². The molecular formula is C19H32N4O2. The summed E-state index contributed by atoms with van der Waals surface area (Å²) in [6, 6.07) is 6.70. The number of aliphatic imine (C=N–C) groups is 1. The van der Waals surface area contributed by atoms with Crippen molar-refractivity contribution in [3.63, 3.8) is 0 Å². The Morgan fingerprint density at radius 1 is 1.40 bits per heavy atom. The number of benzene rings is 1. The van der Waals surface area contributed by atoms with Crippen LogP contribution in [0.4, 0.5) is 0 Å². The Balaban J connectivity index is 1.88. The number of likely N-dealkylation sites (N-methyl/N-ethyl adjacent to an activating group) is 1. The highest BCUT2D eigenvalue weighted by Crippen LogP contribution is 2.21. The Morgan fingerprint density at radius 2 is 2.24 bits per heavy atom. The highest BCUT2D eigenvalue weighted by Gasteiger charge is 2.22. The number of guanidine groups is 1. The maximum absolute atomic E-state index is 6.05. The van der Waals surface area contributed by atoms with E-state index in [-0.39, 0.29) is 0 Å². The first-order valence-electron chi connectivity index (χ1n) is 9.13. The van der Waals surface area contributed by atoms with E-state index in [0.29, 0.717) is 31.8 Å². The molecular weight excluding hydrogens is 316 g/mol. The van der Waals surface area contributed by atoms with Crippen LogP contribution < -0.4 is 15.8 Å². The van der Waals surface area contributed by atoms with Crippen LogP contribution in [-0.2, 0) is 11.3 Å². The lowest BCUT2D eigenvalue weighted by atomic mass is 10.1. The Kier molecular flexibility index (Phi) is 8.01. The van der Waals surface area contributed by atoms with Crippen LogP contribution in [0, 0.1) is 6.92 Å².